The number of ether oxygens (including phenoxy) is 1. The number of rotatable bonds is 6. The van der Waals surface area contributed by atoms with Gasteiger partial charge in [-0.05, 0) is 49.8 Å². The van der Waals surface area contributed by atoms with E-state index in [1.54, 1.807) is 12.1 Å². The van der Waals surface area contributed by atoms with Gasteiger partial charge in [-0.2, -0.15) is 31.4 Å². The topological polar surface area (TPSA) is 87.3 Å². The molecule has 216 valence electrons. The van der Waals surface area contributed by atoms with Crippen molar-refractivity contribution < 1.29 is 40.7 Å². The average molecular weight is 583 g/mol. The van der Waals surface area contributed by atoms with Gasteiger partial charge in [-0.3, -0.25) is 9.89 Å². The highest BCUT2D eigenvalue weighted by Crippen LogP contribution is 2.45. The summed E-state index contributed by atoms with van der Waals surface area (Å²) < 4.78 is 78.0. The first-order valence-corrected chi connectivity index (χ1v) is 12.7. The van der Waals surface area contributed by atoms with Crippen molar-refractivity contribution in [1.29, 1.82) is 0 Å². The molecule has 1 atom stereocenters. The molecule has 1 saturated carbocycles. The zero-order valence-corrected chi connectivity index (χ0v) is 22.1. The van der Waals surface area contributed by atoms with E-state index in [0.717, 1.165) is 44.5 Å². The molecule has 0 unspecified atom stereocenters. The van der Waals surface area contributed by atoms with Crippen LogP contribution < -0.4 is 10.2 Å². The molecule has 4 rings (SSSR count). The van der Waals surface area contributed by atoms with Gasteiger partial charge >= 0.3 is 18.3 Å². The van der Waals surface area contributed by atoms with Crippen molar-refractivity contribution in [3.63, 3.8) is 0 Å². The number of anilines is 2. The normalized spacial score (nSPS) is 17.8. The Morgan fingerprint density at radius 2 is 1.87 bits per heavy atom. The Kier molecular flexibility index (Phi) is 9.78. The van der Waals surface area contributed by atoms with E-state index < -0.39 is 42.8 Å². The van der Waals surface area contributed by atoms with Crippen LogP contribution in [0.5, 0.6) is 0 Å². The lowest BCUT2D eigenvalue weighted by atomic mass is 9.99. The summed E-state index contributed by atoms with van der Waals surface area (Å²) in [4.78, 5) is 26.0. The quantitative estimate of drug-likeness (QED) is 0.284. The number of hydrogen-bond acceptors (Lipinski definition) is 5. The SMILES string of the molecule is COC(=O)c1cc(N2CCC[C@@H](C)C2)ccc1NC(=O)CCC(F)(F)F.FC(F)(F)c1n[nH]c(C2CC2)c1Cl. The van der Waals surface area contributed by atoms with Crippen molar-refractivity contribution in [2.24, 2.45) is 5.92 Å². The molecule has 1 aliphatic carbocycles. The highest BCUT2D eigenvalue weighted by molar-refractivity contribution is 6.32. The molecule has 2 N–H and O–H groups in total. The molecule has 39 heavy (non-hydrogen) atoms. The third-order valence-corrected chi connectivity index (χ3v) is 6.71. The van der Waals surface area contributed by atoms with E-state index in [2.05, 4.69) is 27.3 Å². The summed E-state index contributed by atoms with van der Waals surface area (Å²) >= 11 is 5.53. The Morgan fingerprint density at radius 3 is 2.41 bits per heavy atom. The molecule has 2 aliphatic rings. The van der Waals surface area contributed by atoms with E-state index in [-0.39, 0.29) is 22.2 Å². The van der Waals surface area contributed by atoms with Crippen molar-refractivity contribution in [3.8, 4) is 0 Å². The fourth-order valence-electron chi connectivity index (χ4n) is 4.18. The van der Waals surface area contributed by atoms with Gasteiger partial charge in [0.05, 0.1) is 35.5 Å². The molecule has 1 saturated heterocycles. The van der Waals surface area contributed by atoms with Crippen LogP contribution in [0.3, 0.4) is 0 Å². The van der Waals surface area contributed by atoms with Crippen LogP contribution >= 0.6 is 11.6 Å². The number of alkyl halides is 6. The van der Waals surface area contributed by atoms with Crippen LogP contribution in [0, 0.1) is 5.92 Å². The number of methoxy groups -OCH3 is 1. The summed E-state index contributed by atoms with van der Waals surface area (Å²) in [5.41, 5.74) is 0.525. The van der Waals surface area contributed by atoms with E-state index in [1.807, 2.05) is 0 Å². The predicted molar refractivity (Wildman–Crippen MR) is 133 cm³/mol. The zero-order valence-electron chi connectivity index (χ0n) is 21.3. The van der Waals surface area contributed by atoms with E-state index in [1.165, 1.54) is 13.2 Å². The summed E-state index contributed by atoms with van der Waals surface area (Å²) in [6.45, 7) is 3.88. The lowest BCUT2D eigenvalue weighted by molar-refractivity contribution is -0.142. The van der Waals surface area contributed by atoms with Gasteiger partial charge < -0.3 is 15.0 Å². The van der Waals surface area contributed by atoms with Gasteiger partial charge in [-0.25, -0.2) is 4.79 Å². The largest absolute Gasteiger partial charge is 0.465 e. The minimum Gasteiger partial charge on any atom is -0.465 e. The first kappa shape index (κ1) is 30.6. The highest BCUT2D eigenvalue weighted by atomic mass is 35.5. The molecule has 2 heterocycles. The number of carbonyl (C=O) groups is 2. The average Bonchev–Trinajstić information content (AvgIpc) is 3.62. The maximum Gasteiger partial charge on any atom is 0.436 e. The number of aromatic amines is 1. The van der Waals surface area contributed by atoms with Crippen molar-refractivity contribution in [3.05, 3.63) is 40.2 Å². The Balaban J connectivity index is 0.000000268. The number of amides is 1. The van der Waals surface area contributed by atoms with Crippen LogP contribution in [-0.2, 0) is 15.7 Å². The number of H-pyrrole nitrogens is 1. The zero-order chi connectivity index (χ0) is 29.0. The van der Waals surface area contributed by atoms with Crippen molar-refractivity contribution in [2.45, 2.75) is 63.7 Å². The fourth-order valence-corrected chi connectivity index (χ4v) is 4.53. The van der Waals surface area contributed by atoms with Crippen LogP contribution in [0.1, 0.15) is 73.1 Å². The number of piperidine rings is 1. The van der Waals surface area contributed by atoms with Gasteiger partial charge in [0.2, 0.25) is 5.91 Å². The minimum atomic E-state index is -4.46. The molecular formula is C25H29ClF6N4O3. The molecule has 1 aromatic heterocycles. The molecule has 14 heteroatoms. The lowest BCUT2D eigenvalue weighted by Gasteiger charge is -2.33. The van der Waals surface area contributed by atoms with Gasteiger partial charge in [0.1, 0.15) is 0 Å². The summed E-state index contributed by atoms with van der Waals surface area (Å²) in [7, 11) is 1.22. The summed E-state index contributed by atoms with van der Waals surface area (Å²) in [5, 5.41) is 7.62. The standard InChI is InChI=1S/C18H23F3N2O3.C7H6ClF3N2/c1-12-4-3-9-23(11-12)13-5-6-15(14(10-13)17(25)26-2)22-16(24)7-8-18(19,20)21;8-4-5(3-1-2-3)12-13-6(4)7(9,10)11/h5-6,10,12H,3-4,7-9,11H2,1-2H3,(H,22,24);3H,1-2H2,(H,12,13)/t12-;/m1./s1. The van der Waals surface area contributed by atoms with Crippen LogP contribution in [-0.4, -0.2) is 48.4 Å². The van der Waals surface area contributed by atoms with Crippen LogP contribution in [0.15, 0.2) is 18.2 Å². The molecule has 2 aromatic rings. The molecule has 1 aromatic carbocycles. The third-order valence-electron chi connectivity index (χ3n) is 6.33. The molecule has 0 bridgehead atoms. The van der Waals surface area contributed by atoms with E-state index in [9.17, 15) is 35.9 Å². The predicted octanol–water partition coefficient (Wildman–Crippen LogP) is 6.95. The van der Waals surface area contributed by atoms with Gasteiger partial charge in [0, 0.05) is 31.1 Å². The van der Waals surface area contributed by atoms with Crippen molar-refractivity contribution >= 4 is 34.9 Å². The van der Waals surface area contributed by atoms with Crippen molar-refractivity contribution in [2.75, 3.05) is 30.4 Å². The smallest absolute Gasteiger partial charge is 0.436 e. The van der Waals surface area contributed by atoms with E-state index in [0.29, 0.717) is 11.6 Å². The summed E-state index contributed by atoms with van der Waals surface area (Å²) in [6.07, 6.45) is -6.81. The van der Waals surface area contributed by atoms with Crippen LogP contribution in [0.25, 0.3) is 0 Å². The van der Waals surface area contributed by atoms with Gasteiger partial charge in [0.15, 0.2) is 5.69 Å². The van der Waals surface area contributed by atoms with Crippen LogP contribution in [0.4, 0.5) is 37.7 Å². The Bertz CT molecular complexity index is 1160. The fraction of sp³-hybridized carbons (Fsp3) is 0.560. The maximum absolute atomic E-state index is 12.2. The first-order valence-electron chi connectivity index (χ1n) is 12.3. The Morgan fingerprint density at radius 1 is 1.18 bits per heavy atom. The number of halogens is 7. The van der Waals surface area contributed by atoms with Crippen LogP contribution in [0.2, 0.25) is 5.02 Å². The Labute approximate surface area is 226 Å². The molecule has 1 amide bonds. The number of esters is 1. The Hall–Kier alpha value is -2.96. The summed E-state index contributed by atoms with van der Waals surface area (Å²) in [6, 6.07) is 4.90. The number of aromatic nitrogens is 2. The molecule has 7 nitrogen and oxygen atoms in total. The monoisotopic (exact) mass is 582 g/mol. The lowest BCUT2D eigenvalue weighted by Crippen LogP contribution is -2.34. The van der Waals surface area contributed by atoms with Crippen molar-refractivity contribution in [1.82, 2.24) is 10.2 Å². The molecule has 0 spiro atoms. The second-order valence-corrected chi connectivity index (χ2v) is 10.0. The number of benzene rings is 1. The maximum atomic E-state index is 12.2. The van der Waals surface area contributed by atoms with E-state index >= 15 is 0 Å². The molecule has 0 radical (unpaired) electrons. The van der Waals surface area contributed by atoms with Gasteiger partial charge in [-0.1, -0.05) is 18.5 Å². The third kappa shape index (κ3) is 8.77. The minimum absolute atomic E-state index is 0.128. The highest BCUT2D eigenvalue weighted by Gasteiger charge is 2.40. The number of nitrogens with one attached hydrogen (secondary N) is 2. The molecule has 2 fully saturated rings. The molecular weight excluding hydrogens is 554 g/mol. The van der Waals surface area contributed by atoms with Gasteiger partial charge in [0.25, 0.3) is 0 Å². The first-order chi connectivity index (χ1) is 18.2. The number of nitrogens with zero attached hydrogens (tertiary/aromatic N) is 2. The van der Waals surface area contributed by atoms with E-state index in [4.69, 9.17) is 16.3 Å². The number of carbonyl (C=O) groups excluding carboxylic acids is 2. The molecule has 1 aliphatic heterocycles. The summed E-state index contributed by atoms with van der Waals surface area (Å²) in [5.74, 6) is -0.766. The second-order valence-electron chi connectivity index (χ2n) is 9.65. The van der Waals surface area contributed by atoms with Gasteiger partial charge in [-0.15, -0.1) is 0 Å². The second kappa shape index (κ2) is 12.5. The number of hydrogen-bond donors (Lipinski definition) is 2.